The highest BCUT2D eigenvalue weighted by molar-refractivity contribution is 6.31. The Balaban J connectivity index is 2.03. The van der Waals surface area contributed by atoms with Crippen LogP contribution >= 0.6 is 11.6 Å². The quantitative estimate of drug-likeness (QED) is 0.840. The summed E-state index contributed by atoms with van der Waals surface area (Å²) in [6.07, 6.45) is 5.37. The molecule has 1 aromatic rings. The summed E-state index contributed by atoms with van der Waals surface area (Å²) < 4.78 is 4.80. The first-order valence-corrected chi connectivity index (χ1v) is 8.12. The summed E-state index contributed by atoms with van der Waals surface area (Å²) >= 11 is 6.39. The summed E-state index contributed by atoms with van der Waals surface area (Å²) in [6.45, 7) is 2.00. The van der Waals surface area contributed by atoms with Crippen LogP contribution < -0.4 is 0 Å². The molecule has 1 atom stereocenters. The number of rotatable bonds is 5. The molecule has 1 fully saturated rings. The third-order valence-corrected chi connectivity index (χ3v) is 4.42. The van der Waals surface area contributed by atoms with Crippen LogP contribution in [0, 0.1) is 0 Å². The second kappa shape index (κ2) is 7.81. The number of ether oxygens (including phenoxy) is 1. The molecule has 21 heavy (non-hydrogen) atoms. The summed E-state index contributed by atoms with van der Waals surface area (Å²) in [5, 5.41) is 10.5. The van der Waals surface area contributed by atoms with Crippen LogP contribution in [0.15, 0.2) is 18.2 Å². The van der Waals surface area contributed by atoms with Gasteiger partial charge in [-0.2, -0.15) is 0 Å². The Bertz CT molecular complexity index is 481. The molecule has 1 saturated carbocycles. The van der Waals surface area contributed by atoms with Gasteiger partial charge in [0.2, 0.25) is 0 Å². The highest BCUT2D eigenvalue weighted by Crippen LogP contribution is 2.36. The number of aliphatic hydroxyl groups excluding tert-OH is 1. The number of aliphatic hydroxyl groups is 1. The van der Waals surface area contributed by atoms with Crippen LogP contribution in [0.1, 0.15) is 56.1 Å². The number of carbonyl (C=O) groups excluding carboxylic acids is 1. The van der Waals surface area contributed by atoms with Gasteiger partial charge in [-0.25, -0.2) is 4.79 Å². The molecule has 1 unspecified atom stereocenters. The fourth-order valence-electron chi connectivity index (χ4n) is 2.99. The monoisotopic (exact) mass is 310 g/mol. The van der Waals surface area contributed by atoms with E-state index in [0.717, 1.165) is 10.6 Å². The highest BCUT2D eigenvalue weighted by atomic mass is 35.5. The van der Waals surface area contributed by atoms with Crippen molar-refractivity contribution in [3.05, 3.63) is 34.3 Å². The molecule has 3 nitrogen and oxygen atoms in total. The molecular formula is C17H23ClO3. The van der Waals surface area contributed by atoms with Gasteiger partial charge >= 0.3 is 5.97 Å². The molecule has 0 aliphatic heterocycles. The van der Waals surface area contributed by atoms with Crippen LogP contribution in [0.2, 0.25) is 5.02 Å². The summed E-state index contributed by atoms with van der Waals surface area (Å²) in [4.78, 5) is 11.4. The average molecular weight is 311 g/mol. The molecule has 1 aliphatic rings. The SMILES string of the molecule is CCOC(=O)C(O)Cc1ccc(C2CCCCC2)c(Cl)c1. The first kappa shape index (κ1) is 16.3. The zero-order chi connectivity index (χ0) is 15.2. The number of hydrogen-bond donors (Lipinski definition) is 1. The van der Waals surface area contributed by atoms with Gasteiger partial charge in [-0.1, -0.05) is 43.0 Å². The average Bonchev–Trinajstić information content (AvgIpc) is 2.48. The molecule has 0 radical (unpaired) electrons. The van der Waals surface area contributed by atoms with E-state index in [-0.39, 0.29) is 13.0 Å². The Hall–Kier alpha value is -1.06. The second-order valence-electron chi connectivity index (χ2n) is 5.66. The third kappa shape index (κ3) is 4.45. The Labute approximate surface area is 131 Å². The van der Waals surface area contributed by atoms with Crippen molar-refractivity contribution < 1.29 is 14.6 Å². The van der Waals surface area contributed by atoms with Crippen molar-refractivity contribution in [3.63, 3.8) is 0 Å². The lowest BCUT2D eigenvalue weighted by Crippen LogP contribution is -2.25. The van der Waals surface area contributed by atoms with Crippen LogP contribution in [-0.4, -0.2) is 23.8 Å². The zero-order valence-corrected chi connectivity index (χ0v) is 13.2. The molecule has 0 heterocycles. The van der Waals surface area contributed by atoms with Crippen molar-refractivity contribution >= 4 is 17.6 Å². The van der Waals surface area contributed by atoms with Crippen LogP contribution in [0.3, 0.4) is 0 Å². The van der Waals surface area contributed by atoms with Crippen molar-refractivity contribution in [2.24, 2.45) is 0 Å². The van der Waals surface area contributed by atoms with E-state index in [1.807, 2.05) is 18.2 Å². The van der Waals surface area contributed by atoms with E-state index in [1.165, 1.54) is 37.7 Å². The molecule has 0 bridgehead atoms. The minimum atomic E-state index is -1.12. The number of carbonyl (C=O) groups is 1. The molecular weight excluding hydrogens is 288 g/mol. The van der Waals surface area contributed by atoms with E-state index in [1.54, 1.807) is 6.92 Å². The predicted molar refractivity (Wildman–Crippen MR) is 83.6 cm³/mol. The molecule has 1 aromatic carbocycles. The minimum absolute atomic E-state index is 0.240. The van der Waals surface area contributed by atoms with Crippen LogP contribution in [-0.2, 0) is 16.0 Å². The maximum atomic E-state index is 11.4. The van der Waals surface area contributed by atoms with Gasteiger partial charge in [0.25, 0.3) is 0 Å². The summed E-state index contributed by atoms with van der Waals surface area (Å²) in [5.74, 6) is -0.0275. The lowest BCUT2D eigenvalue weighted by Gasteiger charge is -2.23. The molecule has 1 N–H and O–H groups in total. The third-order valence-electron chi connectivity index (χ3n) is 4.10. The van der Waals surface area contributed by atoms with E-state index in [4.69, 9.17) is 16.3 Å². The van der Waals surface area contributed by atoms with Gasteiger partial charge in [0.15, 0.2) is 6.10 Å². The van der Waals surface area contributed by atoms with Crippen molar-refractivity contribution in [2.75, 3.05) is 6.61 Å². The van der Waals surface area contributed by atoms with Crippen molar-refractivity contribution in [1.29, 1.82) is 0 Å². The van der Waals surface area contributed by atoms with Gasteiger partial charge in [-0.3, -0.25) is 0 Å². The van der Waals surface area contributed by atoms with Crippen LogP contribution in [0.5, 0.6) is 0 Å². The van der Waals surface area contributed by atoms with Crippen LogP contribution in [0.4, 0.5) is 0 Å². The molecule has 0 amide bonds. The number of benzene rings is 1. The zero-order valence-electron chi connectivity index (χ0n) is 12.5. The van der Waals surface area contributed by atoms with Gasteiger partial charge in [-0.05, 0) is 42.9 Å². The number of hydrogen-bond acceptors (Lipinski definition) is 3. The predicted octanol–water partition coefficient (Wildman–Crippen LogP) is 3.85. The maximum Gasteiger partial charge on any atom is 0.335 e. The Morgan fingerprint density at radius 3 is 2.71 bits per heavy atom. The van der Waals surface area contributed by atoms with E-state index in [9.17, 15) is 9.90 Å². The van der Waals surface area contributed by atoms with Crippen LogP contribution in [0.25, 0.3) is 0 Å². The maximum absolute atomic E-state index is 11.4. The first-order valence-electron chi connectivity index (χ1n) is 7.74. The van der Waals surface area contributed by atoms with Crippen molar-refractivity contribution in [1.82, 2.24) is 0 Å². The smallest absolute Gasteiger partial charge is 0.335 e. The largest absolute Gasteiger partial charge is 0.464 e. The highest BCUT2D eigenvalue weighted by Gasteiger charge is 2.20. The van der Waals surface area contributed by atoms with Crippen molar-refractivity contribution in [2.45, 2.75) is 57.5 Å². The van der Waals surface area contributed by atoms with Gasteiger partial charge in [0, 0.05) is 11.4 Å². The fraction of sp³-hybridized carbons (Fsp3) is 0.588. The molecule has 2 rings (SSSR count). The second-order valence-corrected chi connectivity index (χ2v) is 6.07. The molecule has 0 spiro atoms. The Morgan fingerprint density at radius 1 is 1.38 bits per heavy atom. The van der Waals surface area contributed by atoms with E-state index in [0.29, 0.717) is 5.92 Å². The van der Waals surface area contributed by atoms with E-state index < -0.39 is 12.1 Å². The Kier molecular flexibility index (Phi) is 6.07. The first-order chi connectivity index (χ1) is 10.1. The summed E-state index contributed by atoms with van der Waals surface area (Å²) in [6, 6.07) is 5.87. The lowest BCUT2D eigenvalue weighted by molar-refractivity contribution is -0.152. The minimum Gasteiger partial charge on any atom is -0.464 e. The Morgan fingerprint density at radius 2 is 2.10 bits per heavy atom. The summed E-state index contributed by atoms with van der Waals surface area (Å²) in [5.41, 5.74) is 2.06. The van der Waals surface area contributed by atoms with Gasteiger partial charge in [0.1, 0.15) is 0 Å². The number of esters is 1. The van der Waals surface area contributed by atoms with Gasteiger partial charge in [-0.15, -0.1) is 0 Å². The molecule has 0 saturated heterocycles. The van der Waals surface area contributed by atoms with E-state index in [2.05, 4.69) is 0 Å². The van der Waals surface area contributed by atoms with Gasteiger partial charge in [0.05, 0.1) is 6.61 Å². The van der Waals surface area contributed by atoms with E-state index >= 15 is 0 Å². The molecule has 1 aliphatic carbocycles. The number of halogens is 1. The molecule has 116 valence electrons. The lowest BCUT2D eigenvalue weighted by atomic mass is 9.83. The summed E-state index contributed by atoms with van der Waals surface area (Å²) in [7, 11) is 0. The van der Waals surface area contributed by atoms with Gasteiger partial charge < -0.3 is 9.84 Å². The topological polar surface area (TPSA) is 46.5 Å². The molecule has 0 aromatic heterocycles. The fourth-order valence-corrected chi connectivity index (χ4v) is 3.34. The standard InChI is InChI=1S/C17H23ClO3/c1-2-21-17(20)16(19)11-12-8-9-14(15(18)10-12)13-6-4-3-5-7-13/h8-10,13,16,19H,2-7,11H2,1H3. The normalized spacial score (nSPS) is 17.5. The molecule has 4 heteroatoms. The van der Waals surface area contributed by atoms with Crippen molar-refractivity contribution in [3.8, 4) is 0 Å².